The highest BCUT2D eigenvalue weighted by Crippen LogP contribution is 2.19. The molecule has 2 aromatic rings. The number of alkyl halides is 2. The van der Waals surface area contributed by atoms with Gasteiger partial charge < -0.3 is 10.1 Å². The van der Waals surface area contributed by atoms with Gasteiger partial charge in [0.1, 0.15) is 0 Å². The van der Waals surface area contributed by atoms with Gasteiger partial charge in [-0.05, 0) is 43.3 Å². The van der Waals surface area contributed by atoms with Crippen LogP contribution in [-0.2, 0) is 19.4 Å². The number of aryl methyl sites for hydroxylation is 1. The zero-order valence-electron chi connectivity index (χ0n) is 13.6. The van der Waals surface area contributed by atoms with E-state index in [1.54, 1.807) is 24.3 Å². The summed E-state index contributed by atoms with van der Waals surface area (Å²) in [5.74, 6) is -4.99. The third-order valence-electron chi connectivity index (χ3n) is 3.32. The minimum Gasteiger partial charge on any atom is -0.452 e. The highest BCUT2D eigenvalue weighted by atomic mass is 32.2. The Balaban J connectivity index is 1.93. The SMILES string of the molecule is Cc1ccc(NC(=O)COC(=O)c2ccc(S(=O)(=O)C(F)F)cc2)cc1. The van der Waals surface area contributed by atoms with Gasteiger partial charge in [-0.1, -0.05) is 17.7 Å². The van der Waals surface area contributed by atoms with Gasteiger partial charge in [0, 0.05) is 5.69 Å². The van der Waals surface area contributed by atoms with Crippen molar-refractivity contribution in [3.63, 3.8) is 0 Å². The van der Waals surface area contributed by atoms with Crippen LogP contribution in [0.1, 0.15) is 15.9 Å². The summed E-state index contributed by atoms with van der Waals surface area (Å²) in [5, 5.41) is 2.54. The number of hydrogen-bond acceptors (Lipinski definition) is 5. The van der Waals surface area contributed by atoms with Crippen LogP contribution in [0.2, 0.25) is 0 Å². The lowest BCUT2D eigenvalue weighted by molar-refractivity contribution is -0.119. The molecule has 0 heterocycles. The van der Waals surface area contributed by atoms with E-state index in [1.165, 1.54) is 0 Å². The second kappa shape index (κ2) is 8.05. The molecule has 2 rings (SSSR count). The molecule has 0 aliphatic rings. The standard InChI is InChI=1S/C17H15F2NO5S/c1-11-2-6-13(7-3-11)20-15(21)10-25-16(22)12-4-8-14(9-5-12)26(23,24)17(18)19/h2-9,17H,10H2,1H3,(H,20,21). The Morgan fingerprint density at radius 2 is 1.62 bits per heavy atom. The van der Waals surface area contributed by atoms with Crippen molar-refractivity contribution in [3.05, 3.63) is 59.7 Å². The number of hydrogen-bond donors (Lipinski definition) is 1. The highest BCUT2D eigenvalue weighted by molar-refractivity contribution is 7.91. The first-order chi connectivity index (χ1) is 12.2. The number of carbonyl (C=O) groups excluding carboxylic acids is 2. The van der Waals surface area contributed by atoms with Gasteiger partial charge in [0.2, 0.25) is 9.84 Å². The van der Waals surface area contributed by atoms with Crippen LogP contribution >= 0.6 is 0 Å². The molecule has 138 valence electrons. The number of nitrogens with one attached hydrogen (secondary N) is 1. The Morgan fingerprint density at radius 3 is 2.15 bits per heavy atom. The average Bonchev–Trinajstić information content (AvgIpc) is 2.61. The van der Waals surface area contributed by atoms with E-state index in [4.69, 9.17) is 4.74 Å². The molecular weight excluding hydrogens is 368 g/mol. The van der Waals surface area contributed by atoms with Crippen LogP contribution in [0.15, 0.2) is 53.4 Å². The number of benzene rings is 2. The molecule has 0 spiro atoms. The first kappa shape index (κ1) is 19.5. The predicted molar refractivity (Wildman–Crippen MR) is 89.7 cm³/mol. The first-order valence-corrected chi connectivity index (χ1v) is 8.90. The van der Waals surface area contributed by atoms with Gasteiger partial charge in [0.15, 0.2) is 6.61 Å². The third-order valence-corrected chi connectivity index (χ3v) is 4.72. The Morgan fingerprint density at radius 1 is 1.04 bits per heavy atom. The Bertz CT molecular complexity index is 894. The zero-order chi connectivity index (χ0) is 19.3. The summed E-state index contributed by atoms with van der Waals surface area (Å²) in [6, 6.07) is 10.8. The number of rotatable bonds is 6. The summed E-state index contributed by atoms with van der Waals surface area (Å²) < 4.78 is 52.3. The van der Waals surface area contributed by atoms with Gasteiger partial charge in [0.25, 0.3) is 5.91 Å². The minimum atomic E-state index is -4.73. The highest BCUT2D eigenvalue weighted by Gasteiger charge is 2.26. The molecular formula is C17H15F2NO5S. The third kappa shape index (κ3) is 4.85. The molecule has 0 saturated heterocycles. The van der Waals surface area contributed by atoms with Gasteiger partial charge in [-0.3, -0.25) is 4.79 Å². The van der Waals surface area contributed by atoms with Crippen LogP contribution in [0, 0.1) is 6.92 Å². The topological polar surface area (TPSA) is 89.5 Å². The maximum Gasteiger partial charge on any atom is 0.341 e. The molecule has 0 bridgehead atoms. The summed E-state index contributed by atoms with van der Waals surface area (Å²) in [5.41, 5.74) is 1.49. The van der Waals surface area contributed by atoms with E-state index in [2.05, 4.69) is 5.32 Å². The molecule has 1 amide bonds. The van der Waals surface area contributed by atoms with Crippen LogP contribution in [0.5, 0.6) is 0 Å². The van der Waals surface area contributed by atoms with Gasteiger partial charge in [-0.25, -0.2) is 13.2 Å². The summed E-state index contributed by atoms with van der Waals surface area (Å²) in [6.45, 7) is 1.34. The lowest BCUT2D eigenvalue weighted by atomic mass is 10.2. The lowest BCUT2D eigenvalue weighted by Crippen LogP contribution is -2.21. The van der Waals surface area contributed by atoms with Crippen molar-refractivity contribution >= 4 is 27.4 Å². The van der Waals surface area contributed by atoms with Crippen LogP contribution in [-0.4, -0.2) is 32.7 Å². The molecule has 26 heavy (non-hydrogen) atoms. The molecule has 0 aliphatic heterocycles. The Hall–Kier alpha value is -2.81. The van der Waals surface area contributed by atoms with Gasteiger partial charge in [0.05, 0.1) is 10.5 Å². The molecule has 0 unspecified atom stereocenters. The monoisotopic (exact) mass is 383 g/mol. The van der Waals surface area contributed by atoms with Crippen molar-refractivity contribution < 1.29 is 31.5 Å². The van der Waals surface area contributed by atoms with E-state index >= 15 is 0 Å². The summed E-state index contributed by atoms with van der Waals surface area (Å²) >= 11 is 0. The molecule has 9 heteroatoms. The predicted octanol–water partition coefficient (Wildman–Crippen LogP) is 2.79. The van der Waals surface area contributed by atoms with Crippen LogP contribution in [0.3, 0.4) is 0 Å². The van der Waals surface area contributed by atoms with Crippen molar-refractivity contribution in [3.8, 4) is 0 Å². The number of sulfone groups is 1. The largest absolute Gasteiger partial charge is 0.452 e. The van der Waals surface area contributed by atoms with E-state index < -0.39 is 39.0 Å². The fourth-order valence-electron chi connectivity index (χ4n) is 1.93. The van der Waals surface area contributed by atoms with Crippen LogP contribution in [0.25, 0.3) is 0 Å². The van der Waals surface area contributed by atoms with Crippen LogP contribution in [0.4, 0.5) is 14.5 Å². The molecule has 0 saturated carbocycles. The molecule has 2 aromatic carbocycles. The fraction of sp³-hybridized carbons (Fsp3) is 0.176. The summed E-state index contributed by atoms with van der Waals surface area (Å²) in [6.07, 6.45) is 0. The van der Waals surface area contributed by atoms with Gasteiger partial charge >= 0.3 is 11.7 Å². The molecule has 0 aromatic heterocycles. The minimum absolute atomic E-state index is 0.0682. The van der Waals surface area contributed by atoms with Gasteiger partial charge in [-0.2, -0.15) is 8.78 Å². The maximum atomic E-state index is 12.4. The van der Waals surface area contributed by atoms with Crippen molar-refractivity contribution in [2.75, 3.05) is 11.9 Å². The molecule has 6 nitrogen and oxygen atoms in total. The number of amides is 1. The molecule has 1 N–H and O–H groups in total. The van der Waals surface area contributed by atoms with E-state index in [1.807, 2.05) is 6.92 Å². The Labute approximate surface area is 148 Å². The maximum absolute atomic E-state index is 12.4. The number of ether oxygens (including phenoxy) is 1. The normalized spacial score (nSPS) is 11.2. The number of carbonyl (C=O) groups is 2. The quantitative estimate of drug-likeness (QED) is 0.775. The second-order valence-electron chi connectivity index (χ2n) is 5.32. The lowest BCUT2D eigenvalue weighted by Gasteiger charge is -2.08. The summed E-state index contributed by atoms with van der Waals surface area (Å²) in [7, 11) is -4.73. The van der Waals surface area contributed by atoms with Crippen molar-refractivity contribution in [2.45, 2.75) is 17.6 Å². The van der Waals surface area contributed by atoms with E-state index in [0.29, 0.717) is 5.69 Å². The first-order valence-electron chi connectivity index (χ1n) is 7.36. The summed E-state index contributed by atoms with van der Waals surface area (Å²) in [4.78, 5) is 23.0. The zero-order valence-corrected chi connectivity index (χ0v) is 14.4. The molecule has 0 atom stereocenters. The number of halogens is 2. The second-order valence-corrected chi connectivity index (χ2v) is 7.24. The van der Waals surface area contributed by atoms with E-state index in [0.717, 1.165) is 29.8 Å². The molecule has 0 radical (unpaired) electrons. The molecule has 0 aliphatic carbocycles. The van der Waals surface area contributed by atoms with Crippen LogP contribution < -0.4 is 5.32 Å². The average molecular weight is 383 g/mol. The van der Waals surface area contributed by atoms with E-state index in [-0.39, 0.29) is 5.56 Å². The Kier molecular flexibility index (Phi) is 6.04. The fourth-order valence-corrected chi connectivity index (χ4v) is 2.65. The molecule has 0 fully saturated rings. The number of anilines is 1. The smallest absolute Gasteiger partial charge is 0.341 e. The van der Waals surface area contributed by atoms with Gasteiger partial charge in [-0.15, -0.1) is 0 Å². The van der Waals surface area contributed by atoms with Crippen molar-refractivity contribution in [1.29, 1.82) is 0 Å². The van der Waals surface area contributed by atoms with E-state index in [9.17, 15) is 26.8 Å². The number of esters is 1. The van der Waals surface area contributed by atoms with Crippen molar-refractivity contribution in [1.82, 2.24) is 0 Å². The van der Waals surface area contributed by atoms with Crippen molar-refractivity contribution in [2.24, 2.45) is 0 Å².